The van der Waals surface area contributed by atoms with Crippen molar-refractivity contribution in [2.24, 2.45) is 0 Å². The summed E-state index contributed by atoms with van der Waals surface area (Å²) >= 11 is 0. The fourth-order valence-corrected chi connectivity index (χ4v) is 3.48. The molecule has 0 bridgehead atoms. The van der Waals surface area contributed by atoms with E-state index in [1.807, 2.05) is 11.8 Å². The predicted octanol–water partition coefficient (Wildman–Crippen LogP) is -0.400. The van der Waals surface area contributed by atoms with E-state index in [4.69, 9.17) is 5.26 Å². The standard InChI is InChI=1S/C15H20N6O2/c1-11-9-12(18-17-11)13(22)20-5-3-15(10-20)14(23)19(2)7-8-21(15)6-4-16/h9H,3,5-8,10H2,1-2H3,(H,17,18). The number of carbonyl (C=O) groups is 2. The van der Waals surface area contributed by atoms with Crippen LogP contribution in [-0.4, -0.2) is 82.0 Å². The summed E-state index contributed by atoms with van der Waals surface area (Å²) in [6.07, 6.45) is 0.549. The highest BCUT2D eigenvalue weighted by Gasteiger charge is 2.53. The zero-order valence-electron chi connectivity index (χ0n) is 13.4. The minimum Gasteiger partial charge on any atom is -0.343 e. The van der Waals surface area contributed by atoms with Gasteiger partial charge in [-0.3, -0.25) is 19.6 Å². The molecule has 0 saturated carbocycles. The van der Waals surface area contributed by atoms with Crippen LogP contribution in [0.4, 0.5) is 0 Å². The summed E-state index contributed by atoms with van der Waals surface area (Å²) in [7, 11) is 1.77. The average molecular weight is 316 g/mol. The molecule has 1 aromatic rings. The van der Waals surface area contributed by atoms with Crippen molar-refractivity contribution in [3.8, 4) is 6.07 Å². The molecule has 2 amide bonds. The number of likely N-dealkylation sites (tertiary alicyclic amines) is 1. The number of nitriles is 1. The molecule has 1 N–H and O–H groups in total. The lowest BCUT2D eigenvalue weighted by Crippen LogP contribution is -2.66. The number of hydrogen-bond acceptors (Lipinski definition) is 5. The molecular weight excluding hydrogens is 296 g/mol. The zero-order chi connectivity index (χ0) is 16.6. The van der Waals surface area contributed by atoms with Gasteiger partial charge in [0.25, 0.3) is 5.91 Å². The van der Waals surface area contributed by atoms with Gasteiger partial charge in [0.05, 0.1) is 12.6 Å². The number of amides is 2. The molecule has 1 spiro atoms. The van der Waals surface area contributed by atoms with Crippen molar-refractivity contribution in [2.45, 2.75) is 18.9 Å². The highest BCUT2D eigenvalue weighted by Crippen LogP contribution is 2.33. The van der Waals surface area contributed by atoms with Crippen molar-refractivity contribution >= 4 is 11.8 Å². The first-order valence-electron chi connectivity index (χ1n) is 7.67. The van der Waals surface area contributed by atoms with Crippen LogP contribution in [0.2, 0.25) is 0 Å². The molecule has 23 heavy (non-hydrogen) atoms. The lowest BCUT2D eigenvalue weighted by atomic mass is 9.91. The van der Waals surface area contributed by atoms with Crippen molar-refractivity contribution in [1.29, 1.82) is 5.26 Å². The summed E-state index contributed by atoms with van der Waals surface area (Å²) in [4.78, 5) is 30.6. The van der Waals surface area contributed by atoms with Crippen LogP contribution < -0.4 is 0 Å². The maximum atomic E-state index is 12.8. The number of nitrogens with zero attached hydrogens (tertiary/aromatic N) is 5. The maximum Gasteiger partial charge on any atom is 0.274 e. The largest absolute Gasteiger partial charge is 0.343 e. The van der Waals surface area contributed by atoms with Gasteiger partial charge in [-0.1, -0.05) is 0 Å². The van der Waals surface area contributed by atoms with Gasteiger partial charge in [-0.05, 0) is 19.4 Å². The van der Waals surface area contributed by atoms with Gasteiger partial charge in [0.15, 0.2) is 0 Å². The van der Waals surface area contributed by atoms with Gasteiger partial charge >= 0.3 is 0 Å². The number of aromatic nitrogens is 2. The van der Waals surface area contributed by atoms with E-state index < -0.39 is 5.54 Å². The molecule has 1 unspecified atom stereocenters. The SMILES string of the molecule is Cc1cc(C(=O)N2CCC3(C2)C(=O)N(C)CCN3CC#N)n[nH]1. The summed E-state index contributed by atoms with van der Waals surface area (Å²) in [6, 6.07) is 3.84. The van der Waals surface area contributed by atoms with E-state index in [0.717, 1.165) is 5.69 Å². The summed E-state index contributed by atoms with van der Waals surface area (Å²) in [5.74, 6) is -0.184. The Kier molecular flexibility index (Phi) is 3.82. The number of rotatable bonds is 2. The van der Waals surface area contributed by atoms with Gasteiger partial charge in [0.2, 0.25) is 5.91 Å². The molecule has 3 heterocycles. The Morgan fingerprint density at radius 3 is 2.91 bits per heavy atom. The van der Waals surface area contributed by atoms with Gasteiger partial charge in [0.1, 0.15) is 11.2 Å². The Hall–Kier alpha value is -2.40. The molecule has 2 fully saturated rings. The zero-order valence-corrected chi connectivity index (χ0v) is 13.4. The molecule has 8 nitrogen and oxygen atoms in total. The van der Waals surface area contributed by atoms with Crippen LogP contribution in [0.15, 0.2) is 6.07 Å². The lowest BCUT2D eigenvalue weighted by molar-refractivity contribution is -0.148. The first kappa shape index (κ1) is 15.5. The van der Waals surface area contributed by atoms with Crippen LogP contribution in [0.3, 0.4) is 0 Å². The molecule has 1 aromatic heterocycles. The topological polar surface area (TPSA) is 96.3 Å². The number of likely N-dealkylation sites (N-methyl/N-ethyl adjacent to an activating group) is 1. The molecule has 122 valence electrons. The average Bonchev–Trinajstić information content (AvgIpc) is 3.15. The lowest BCUT2D eigenvalue weighted by Gasteiger charge is -2.45. The number of nitrogens with one attached hydrogen (secondary N) is 1. The summed E-state index contributed by atoms with van der Waals surface area (Å²) in [5, 5.41) is 15.8. The fourth-order valence-electron chi connectivity index (χ4n) is 3.48. The van der Waals surface area contributed by atoms with Crippen LogP contribution in [0, 0.1) is 18.3 Å². The van der Waals surface area contributed by atoms with E-state index in [9.17, 15) is 9.59 Å². The van der Waals surface area contributed by atoms with Gasteiger partial charge in [-0.2, -0.15) is 10.4 Å². The molecular formula is C15H20N6O2. The van der Waals surface area contributed by atoms with E-state index in [2.05, 4.69) is 16.3 Å². The number of aryl methyl sites for hydroxylation is 1. The molecule has 3 rings (SSSR count). The molecule has 0 aromatic carbocycles. The Labute approximate surface area is 134 Å². The monoisotopic (exact) mass is 316 g/mol. The number of carbonyl (C=O) groups excluding carboxylic acids is 2. The van der Waals surface area contributed by atoms with Crippen molar-refractivity contribution in [3.63, 3.8) is 0 Å². The minimum atomic E-state index is -0.774. The maximum absolute atomic E-state index is 12.8. The third kappa shape index (κ3) is 2.47. The van der Waals surface area contributed by atoms with Gasteiger partial charge in [-0.15, -0.1) is 0 Å². The number of hydrogen-bond donors (Lipinski definition) is 1. The second kappa shape index (κ2) is 5.66. The smallest absolute Gasteiger partial charge is 0.274 e. The molecule has 0 radical (unpaired) electrons. The number of aromatic amines is 1. The van der Waals surface area contributed by atoms with Crippen LogP contribution in [0.25, 0.3) is 0 Å². The first-order valence-corrected chi connectivity index (χ1v) is 7.67. The Balaban J connectivity index is 1.84. The van der Waals surface area contributed by atoms with Crippen molar-refractivity contribution in [3.05, 3.63) is 17.5 Å². The van der Waals surface area contributed by atoms with E-state index in [1.165, 1.54) is 0 Å². The van der Waals surface area contributed by atoms with E-state index in [1.54, 1.807) is 22.9 Å². The van der Waals surface area contributed by atoms with Crippen molar-refractivity contribution in [1.82, 2.24) is 24.9 Å². The van der Waals surface area contributed by atoms with Gasteiger partial charge in [0, 0.05) is 38.9 Å². The van der Waals surface area contributed by atoms with Crippen LogP contribution in [0.5, 0.6) is 0 Å². The summed E-state index contributed by atoms with van der Waals surface area (Å²) in [6.45, 7) is 4.09. The summed E-state index contributed by atoms with van der Waals surface area (Å²) < 4.78 is 0. The fraction of sp³-hybridized carbons (Fsp3) is 0.600. The highest BCUT2D eigenvalue weighted by atomic mass is 16.2. The summed E-state index contributed by atoms with van der Waals surface area (Å²) in [5.41, 5.74) is 0.411. The molecule has 0 aliphatic carbocycles. The highest BCUT2D eigenvalue weighted by molar-refractivity contribution is 5.95. The first-order chi connectivity index (χ1) is 11.0. The molecule has 2 aliphatic heterocycles. The molecule has 8 heteroatoms. The van der Waals surface area contributed by atoms with Gasteiger partial charge in [-0.25, -0.2) is 0 Å². The van der Waals surface area contributed by atoms with Crippen molar-refractivity contribution < 1.29 is 9.59 Å². The quantitative estimate of drug-likeness (QED) is 0.749. The second-order valence-electron chi connectivity index (χ2n) is 6.25. The predicted molar refractivity (Wildman–Crippen MR) is 81.4 cm³/mol. The normalized spacial score (nSPS) is 25.2. The van der Waals surface area contributed by atoms with Crippen LogP contribution >= 0.6 is 0 Å². The van der Waals surface area contributed by atoms with E-state index in [0.29, 0.717) is 38.3 Å². The van der Waals surface area contributed by atoms with Crippen molar-refractivity contribution in [2.75, 3.05) is 39.8 Å². The van der Waals surface area contributed by atoms with E-state index >= 15 is 0 Å². The molecule has 1 atom stereocenters. The Morgan fingerprint density at radius 1 is 1.48 bits per heavy atom. The van der Waals surface area contributed by atoms with E-state index in [-0.39, 0.29) is 18.4 Å². The number of H-pyrrole nitrogens is 1. The van der Waals surface area contributed by atoms with Crippen LogP contribution in [-0.2, 0) is 4.79 Å². The Bertz CT molecular complexity index is 678. The minimum absolute atomic E-state index is 0.00694. The van der Waals surface area contributed by atoms with Gasteiger partial charge < -0.3 is 9.80 Å². The third-order valence-corrected chi connectivity index (χ3v) is 4.78. The second-order valence-corrected chi connectivity index (χ2v) is 6.25. The molecule has 2 aliphatic rings. The third-order valence-electron chi connectivity index (χ3n) is 4.78. The molecule has 2 saturated heterocycles. The Morgan fingerprint density at radius 2 is 2.26 bits per heavy atom. The number of piperazine rings is 1. The van der Waals surface area contributed by atoms with Crippen LogP contribution in [0.1, 0.15) is 22.6 Å².